The molecule has 3 rings (SSSR count). The largest absolute Gasteiger partial charge is 0.465 e. The number of amides is 1. The van der Waals surface area contributed by atoms with E-state index in [-0.39, 0.29) is 35.0 Å². The number of esters is 2. The second-order valence-corrected chi connectivity index (χ2v) is 6.48. The van der Waals surface area contributed by atoms with E-state index in [2.05, 4.69) is 25.6 Å². The minimum atomic E-state index is -0.587. The number of carbonyl (C=O) groups excluding carboxylic acids is 3. The predicted octanol–water partition coefficient (Wildman–Crippen LogP) is 1.43. The van der Waals surface area contributed by atoms with Gasteiger partial charge in [0, 0.05) is 18.7 Å². The van der Waals surface area contributed by atoms with E-state index in [9.17, 15) is 14.4 Å². The summed E-state index contributed by atoms with van der Waals surface area (Å²) in [6, 6.07) is 7.99. The van der Waals surface area contributed by atoms with Gasteiger partial charge in [0.05, 0.1) is 31.9 Å². The maximum Gasteiger partial charge on any atom is 0.337 e. The summed E-state index contributed by atoms with van der Waals surface area (Å²) >= 11 is 0. The number of halogens is 1. The Hall–Kier alpha value is -3.90. The number of aromatic nitrogens is 2. The molecule has 0 aliphatic heterocycles. The molecule has 0 saturated carbocycles. The highest BCUT2D eigenvalue weighted by Crippen LogP contribution is 2.25. The zero-order valence-electron chi connectivity index (χ0n) is 17.7. The molecule has 1 aromatic carbocycles. The van der Waals surface area contributed by atoms with Crippen LogP contribution in [0.1, 0.15) is 37.0 Å². The lowest BCUT2D eigenvalue weighted by atomic mass is 10.0. The van der Waals surface area contributed by atoms with Crippen molar-refractivity contribution in [3.8, 4) is 11.3 Å². The number of rotatable bonds is 9. The van der Waals surface area contributed by atoms with Crippen molar-refractivity contribution in [2.24, 2.45) is 0 Å². The van der Waals surface area contributed by atoms with Crippen LogP contribution in [0.2, 0.25) is 0 Å². The van der Waals surface area contributed by atoms with Crippen molar-refractivity contribution in [3.63, 3.8) is 0 Å². The van der Waals surface area contributed by atoms with Crippen LogP contribution in [0.3, 0.4) is 0 Å². The van der Waals surface area contributed by atoms with Crippen LogP contribution < -0.4 is 16.4 Å². The van der Waals surface area contributed by atoms with Crippen LogP contribution in [0.25, 0.3) is 11.3 Å². The topological polar surface area (TPSA) is 172 Å². The molecule has 0 spiro atoms. The monoisotopic (exact) mass is 479 g/mol. The summed E-state index contributed by atoms with van der Waals surface area (Å²) in [5, 5.41) is 12.5. The van der Waals surface area contributed by atoms with Crippen molar-refractivity contribution in [3.05, 3.63) is 52.9 Å². The van der Waals surface area contributed by atoms with E-state index in [1.165, 1.54) is 20.3 Å². The minimum absolute atomic E-state index is 0. The zero-order chi connectivity index (χ0) is 23.1. The Bertz CT molecular complexity index is 1090. The number of furan rings is 1. The third-order valence-electron chi connectivity index (χ3n) is 4.34. The highest BCUT2D eigenvalue weighted by molar-refractivity contribution is 5.97. The number of hydrogen-bond donors (Lipinski definition) is 3. The third kappa shape index (κ3) is 6.30. The van der Waals surface area contributed by atoms with Gasteiger partial charge in [0.15, 0.2) is 0 Å². The van der Waals surface area contributed by atoms with Crippen molar-refractivity contribution in [2.45, 2.75) is 6.54 Å². The van der Waals surface area contributed by atoms with Crippen LogP contribution in [0, 0.1) is 0 Å². The van der Waals surface area contributed by atoms with Gasteiger partial charge in [-0.05, 0) is 40.6 Å². The van der Waals surface area contributed by atoms with Gasteiger partial charge in [-0.2, -0.15) is 0 Å². The number of anilines is 1. The second-order valence-electron chi connectivity index (χ2n) is 6.48. The molecule has 1 amide bonds. The molecule has 0 radical (unpaired) electrons. The van der Waals surface area contributed by atoms with Crippen molar-refractivity contribution in [2.75, 3.05) is 33.0 Å². The summed E-state index contributed by atoms with van der Waals surface area (Å²) in [5.74, 6) is -0.673. The molecule has 3 aromatic rings. The molecule has 2 aromatic heterocycles. The number of nitrogens with zero attached hydrogens (tertiary/aromatic N) is 2. The number of nitrogens with one attached hydrogen (secondary N) is 2. The number of benzene rings is 1. The van der Waals surface area contributed by atoms with Crippen molar-refractivity contribution >= 4 is 36.1 Å². The first kappa shape index (κ1) is 25.4. The van der Waals surface area contributed by atoms with Crippen LogP contribution in [-0.4, -0.2) is 55.5 Å². The standard InChI is InChI=1S/C20H21N5O7.ClH/c1-29-19(27)12-7-11(8-13(9-12)20(28)30-2)15-4-3-14(31-15)10-22-5-6-23-18(26)16-17(21)25-32-24-16;/h3-4,7-9,22H,5-6,10H2,1-2H3,(H2,21,25)(H,23,26);1H. The lowest BCUT2D eigenvalue weighted by Gasteiger charge is -2.07. The molecule has 0 aliphatic carbocycles. The van der Waals surface area contributed by atoms with E-state index < -0.39 is 17.8 Å². The molecule has 12 nitrogen and oxygen atoms in total. The Morgan fingerprint density at radius 1 is 1.00 bits per heavy atom. The number of ether oxygens (including phenoxy) is 2. The Kier molecular flexibility index (Phi) is 8.95. The van der Waals surface area contributed by atoms with E-state index in [0.29, 0.717) is 36.7 Å². The van der Waals surface area contributed by atoms with Crippen LogP contribution in [0.15, 0.2) is 39.4 Å². The molecule has 13 heteroatoms. The van der Waals surface area contributed by atoms with Gasteiger partial charge in [-0.3, -0.25) is 4.79 Å². The van der Waals surface area contributed by atoms with E-state index in [1.54, 1.807) is 24.3 Å². The summed E-state index contributed by atoms with van der Waals surface area (Å²) in [6.45, 7) is 1.13. The summed E-state index contributed by atoms with van der Waals surface area (Å²) in [5.41, 5.74) is 6.30. The van der Waals surface area contributed by atoms with E-state index in [4.69, 9.17) is 19.6 Å². The highest BCUT2D eigenvalue weighted by Gasteiger charge is 2.17. The van der Waals surface area contributed by atoms with E-state index in [0.717, 1.165) is 0 Å². The first-order valence-corrected chi connectivity index (χ1v) is 9.40. The van der Waals surface area contributed by atoms with Crippen LogP contribution in [0.5, 0.6) is 0 Å². The molecule has 0 aliphatic rings. The molecule has 0 atom stereocenters. The summed E-state index contributed by atoms with van der Waals surface area (Å²) in [7, 11) is 2.51. The lowest BCUT2D eigenvalue weighted by molar-refractivity contribution is 0.0599. The SMILES string of the molecule is COC(=O)c1cc(C(=O)OC)cc(-c2ccc(CNCCNC(=O)c3nonc3N)o2)c1.Cl. The molecule has 0 bridgehead atoms. The highest BCUT2D eigenvalue weighted by atomic mass is 35.5. The van der Waals surface area contributed by atoms with Gasteiger partial charge in [0.2, 0.25) is 11.5 Å². The number of methoxy groups -OCH3 is 2. The first-order valence-electron chi connectivity index (χ1n) is 9.40. The Morgan fingerprint density at radius 2 is 1.67 bits per heavy atom. The van der Waals surface area contributed by atoms with Crippen LogP contribution >= 0.6 is 12.4 Å². The fourth-order valence-electron chi connectivity index (χ4n) is 2.78. The molecule has 0 unspecified atom stereocenters. The normalized spacial score (nSPS) is 10.2. The number of carbonyl (C=O) groups is 3. The van der Waals surface area contributed by atoms with Gasteiger partial charge in [0.25, 0.3) is 5.91 Å². The molecule has 176 valence electrons. The number of nitrogen functional groups attached to an aromatic ring is 1. The molecule has 0 fully saturated rings. The van der Waals surface area contributed by atoms with Crippen molar-refractivity contribution in [1.29, 1.82) is 0 Å². The quantitative estimate of drug-likeness (QED) is 0.299. The molecule has 2 heterocycles. The van der Waals surface area contributed by atoms with Gasteiger partial charge >= 0.3 is 11.9 Å². The molecule has 33 heavy (non-hydrogen) atoms. The average molecular weight is 480 g/mol. The van der Waals surface area contributed by atoms with Gasteiger partial charge in [-0.15, -0.1) is 12.4 Å². The van der Waals surface area contributed by atoms with Gasteiger partial charge in [0.1, 0.15) is 11.5 Å². The predicted molar refractivity (Wildman–Crippen MR) is 117 cm³/mol. The summed E-state index contributed by atoms with van der Waals surface area (Å²) in [6.07, 6.45) is 0. The van der Waals surface area contributed by atoms with Gasteiger partial charge < -0.3 is 30.3 Å². The second kappa shape index (κ2) is 11.6. The van der Waals surface area contributed by atoms with Gasteiger partial charge in [-0.1, -0.05) is 0 Å². The Balaban J connectivity index is 0.00000385. The minimum Gasteiger partial charge on any atom is -0.465 e. The molecular formula is C20H22ClN5O7. The Morgan fingerprint density at radius 3 is 2.24 bits per heavy atom. The average Bonchev–Trinajstić information content (AvgIpc) is 3.46. The summed E-state index contributed by atoms with van der Waals surface area (Å²) < 4.78 is 19.7. The number of hydrogen-bond acceptors (Lipinski definition) is 11. The Labute approximate surface area is 194 Å². The fourth-order valence-corrected chi connectivity index (χ4v) is 2.78. The van der Waals surface area contributed by atoms with E-state index >= 15 is 0 Å². The van der Waals surface area contributed by atoms with Gasteiger partial charge in [-0.25, -0.2) is 14.2 Å². The molecule has 4 N–H and O–H groups in total. The van der Waals surface area contributed by atoms with Crippen molar-refractivity contribution in [1.82, 2.24) is 20.9 Å². The molecule has 0 saturated heterocycles. The first-order chi connectivity index (χ1) is 15.4. The van der Waals surface area contributed by atoms with Crippen LogP contribution in [-0.2, 0) is 16.0 Å². The van der Waals surface area contributed by atoms with E-state index in [1.807, 2.05) is 0 Å². The zero-order valence-corrected chi connectivity index (χ0v) is 18.6. The lowest BCUT2D eigenvalue weighted by Crippen LogP contribution is -2.32. The third-order valence-corrected chi connectivity index (χ3v) is 4.34. The smallest absolute Gasteiger partial charge is 0.337 e. The van der Waals surface area contributed by atoms with Crippen molar-refractivity contribution < 1.29 is 32.9 Å². The number of nitrogens with two attached hydrogens (primary N) is 1. The summed E-state index contributed by atoms with van der Waals surface area (Å²) in [4.78, 5) is 35.7. The fraction of sp³-hybridized carbons (Fsp3) is 0.250. The maximum absolute atomic E-state index is 11.9. The maximum atomic E-state index is 11.9. The van der Waals surface area contributed by atoms with Crippen LogP contribution in [0.4, 0.5) is 5.82 Å². The molecular weight excluding hydrogens is 458 g/mol.